The van der Waals surface area contributed by atoms with E-state index in [9.17, 15) is 27.6 Å². The standard InChI is InChI=1S/C17H16F3N3O3/c1-9-7-10(2)23(16(26)14(9)15(21)25)8-13(24)22-12-6-4-3-5-11(12)17(18,19)20/h3-7H,8H2,1-2H3,(H2,21,25)(H,22,24). The highest BCUT2D eigenvalue weighted by molar-refractivity contribution is 5.94. The van der Waals surface area contributed by atoms with Crippen LogP contribution in [0.1, 0.15) is 27.2 Å². The molecule has 0 fully saturated rings. The maximum Gasteiger partial charge on any atom is 0.418 e. The summed E-state index contributed by atoms with van der Waals surface area (Å²) in [4.78, 5) is 36.0. The Kier molecular flexibility index (Phi) is 5.20. The summed E-state index contributed by atoms with van der Waals surface area (Å²) in [5.41, 5.74) is 3.46. The normalized spacial score (nSPS) is 11.3. The number of alkyl halides is 3. The number of nitrogens with zero attached hydrogens (tertiary/aromatic N) is 1. The van der Waals surface area contributed by atoms with Crippen molar-refractivity contribution in [3.8, 4) is 0 Å². The van der Waals surface area contributed by atoms with Crippen LogP contribution in [0.2, 0.25) is 0 Å². The molecule has 0 saturated carbocycles. The number of carbonyl (C=O) groups is 2. The van der Waals surface area contributed by atoms with Gasteiger partial charge in [0.1, 0.15) is 12.1 Å². The van der Waals surface area contributed by atoms with Gasteiger partial charge in [0, 0.05) is 5.69 Å². The number of hydrogen-bond acceptors (Lipinski definition) is 3. The highest BCUT2D eigenvalue weighted by Gasteiger charge is 2.33. The third kappa shape index (κ3) is 3.93. The molecule has 2 amide bonds. The van der Waals surface area contributed by atoms with E-state index in [0.717, 1.165) is 16.7 Å². The Bertz CT molecular complexity index is 933. The molecule has 26 heavy (non-hydrogen) atoms. The first kappa shape index (κ1) is 19.2. The number of aryl methyl sites for hydroxylation is 2. The van der Waals surface area contributed by atoms with Crippen molar-refractivity contribution in [1.82, 2.24) is 4.57 Å². The van der Waals surface area contributed by atoms with Gasteiger partial charge in [-0.1, -0.05) is 12.1 Å². The maximum absolute atomic E-state index is 13.0. The second-order valence-corrected chi connectivity index (χ2v) is 5.69. The van der Waals surface area contributed by atoms with Gasteiger partial charge in [-0.15, -0.1) is 0 Å². The second kappa shape index (κ2) is 7.03. The Morgan fingerprint density at radius 3 is 2.38 bits per heavy atom. The first-order valence-corrected chi connectivity index (χ1v) is 7.49. The van der Waals surface area contributed by atoms with Crippen LogP contribution in [0, 0.1) is 13.8 Å². The number of nitrogens with two attached hydrogens (primary N) is 1. The fourth-order valence-corrected chi connectivity index (χ4v) is 2.60. The number of anilines is 1. The number of rotatable bonds is 4. The Labute approximate surface area is 146 Å². The minimum Gasteiger partial charge on any atom is -0.365 e. The van der Waals surface area contributed by atoms with Gasteiger partial charge < -0.3 is 15.6 Å². The minimum absolute atomic E-state index is 0.265. The summed E-state index contributed by atoms with van der Waals surface area (Å²) in [5.74, 6) is -1.78. The number of nitrogens with one attached hydrogen (secondary N) is 1. The number of aromatic nitrogens is 1. The van der Waals surface area contributed by atoms with E-state index >= 15 is 0 Å². The summed E-state index contributed by atoms with van der Waals surface area (Å²) < 4.78 is 39.9. The monoisotopic (exact) mass is 367 g/mol. The highest BCUT2D eigenvalue weighted by atomic mass is 19.4. The van der Waals surface area contributed by atoms with Gasteiger partial charge in [-0.05, 0) is 37.6 Å². The molecule has 1 aromatic carbocycles. The molecular formula is C17H16F3N3O3. The van der Waals surface area contributed by atoms with Crippen LogP contribution in [0.4, 0.5) is 18.9 Å². The van der Waals surface area contributed by atoms with E-state index in [2.05, 4.69) is 5.32 Å². The van der Waals surface area contributed by atoms with Crippen LogP contribution in [-0.2, 0) is 17.5 Å². The molecule has 3 N–H and O–H groups in total. The molecule has 0 saturated heterocycles. The van der Waals surface area contributed by atoms with Crippen molar-refractivity contribution >= 4 is 17.5 Å². The third-order valence-corrected chi connectivity index (χ3v) is 3.76. The average molecular weight is 367 g/mol. The zero-order chi connectivity index (χ0) is 19.6. The number of primary amides is 1. The van der Waals surface area contributed by atoms with Gasteiger partial charge >= 0.3 is 6.18 Å². The number of benzene rings is 1. The van der Waals surface area contributed by atoms with E-state index in [4.69, 9.17) is 5.73 Å². The second-order valence-electron chi connectivity index (χ2n) is 5.69. The molecule has 0 radical (unpaired) electrons. The van der Waals surface area contributed by atoms with Crippen molar-refractivity contribution in [2.75, 3.05) is 5.32 Å². The lowest BCUT2D eigenvalue weighted by Gasteiger charge is -2.15. The Hall–Kier alpha value is -3.10. The van der Waals surface area contributed by atoms with Crippen molar-refractivity contribution in [3.05, 3.63) is 63.1 Å². The number of carbonyl (C=O) groups excluding carboxylic acids is 2. The lowest BCUT2D eigenvalue weighted by atomic mass is 10.1. The van der Waals surface area contributed by atoms with Crippen LogP contribution in [0.25, 0.3) is 0 Å². The largest absolute Gasteiger partial charge is 0.418 e. The first-order valence-electron chi connectivity index (χ1n) is 7.49. The predicted molar refractivity (Wildman–Crippen MR) is 88.8 cm³/mol. The quantitative estimate of drug-likeness (QED) is 0.868. The van der Waals surface area contributed by atoms with Crippen molar-refractivity contribution in [2.24, 2.45) is 5.73 Å². The van der Waals surface area contributed by atoms with Gasteiger partial charge in [-0.25, -0.2) is 0 Å². The van der Waals surface area contributed by atoms with Crippen molar-refractivity contribution in [2.45, 2.75) is 26.6 Å². The van der Waals surface area contributed by atoms with E-state index in [1.54, 1.807) is 0 Å². The summed E-state index contributed by atoms with van der Waals surface area (Å²) in [6, 6.07) is 5.99. The first-order chi connectivity index (χ1) is 12.0. The molecule has 2 rings (SSSR count). The summed E-state index contributed by atoms with van der Waals surface area (Å²) in [6.07, 6.45) is -4.64. The van der Waals surface area contributed by atoms with Gasteiger partial charge in [0.15, 0.2) is 0 Å². The molecule has 9 heteroatoms. The van der Waals surface area contributed by atoms with Gasteiger partial charge in [0.05, 0.1) is 11.3 Å². The van der Waals surface area contributed by atoms with Crippen LogP contribution in [0.15, 0.2) is 35.1 Å². The number of pyridine rings is 1. The molecular weight excluding hydrogens is 351 g/mol. The lowest BCUT2D eigenvalue weighted by Crippen LogP contribution is -2.35. The maximum atomic E-state index is 13.0. The minimum atomic E-state index is -4.64. The Morgan fingerprint density at radius 2 is 1.81 bits per heavy atom. The van der Waals surface area contributed by atoms with E-state index in [-0.39, 0.29) is 5.56 Å². The van der Waals surface area contributed by atoms with E-state index in [1.807, 2.05) is 0 Å². The SMILES string of the molecule is Cc1cc(C)n(CC(=O)Nc2ccccc2C(F)(F)F)c(=O)c1C(N)=O. The molecule has 6 nitrogen and oxygen atoms in total. The van der Waals surface area contributed by atoms with Crippen LogP contribution in [0.5, 0.6) is 0 Å². The average Bonchev–Trinajstić information content (AvgIpc) is 2.50. The number of halogens is 3. The lowest BCUT2D eigenvalue weighted by molar-refractivity contribution is -0.137. The van der Waals surface area contributed by atoms with E-state index < -0.39 is 41.3 Å². The number of amides is 2. The highest BCUT2D eigenvalue weighted by Crippen LogP contribution is 2.34. The molecule has 0 unspecified atom stereocenters. The number of hydrogen-bond donors (Lipinski definition) is 2. The van der Waals surface area contributed by atoms with Gasteiger partial charge in [0.2, 0.25) is 5.91 Å². The molecule has 0 aliphatic rings. The fourth-order valence-electron chi connectivity index (χ4n) is 2.60. The van der Waals surface area contributed by atoms with Crippen molar-refractivity contribution in [1.29, 1.82) is 0 Å². The van der Waals surface area contributed by atoms with Crippen molar-refractivity contribution in [3.63, 3.8) is 0 Å². The van der Waals surface area contributed by atoms with E-state index in [1.165, 1.54) is 32.0 Å². The molecule has 0 bridgehead atoms. The molecule has 1 heterocycles. The van der Waals surface area contributed by atoms with Crippen LogP contribution < -0.4 is 16.6 Å². The summed E-state index contributed by atoms with van der Waals surface area (Å²) in [5, 5.41) is 2.15. The Morgan fingerprint density at radius 1 is 1.19 bits per heavy atom. The summed E-state index contributed by atoms with van der Waals surface area (Å²) in [7, 11) is 0. The van der Waals surface area contributed by atoms with Crippen LogP contribution in [0.3, 0.4) is 0 Å². The predicted octanol–water partition coefficient (Wildman–Crippen LogP) is 2.22. The zero-order valence-corrected chi connectivity index (χ0v) is 14.0. The van der Waals surface area contributed by atoms with Crippen molar-refractivity contribution < 1.29 is 22.8 Å². The molecule has 1 aromatic heterocycles. The topological polar surface area (TPSA) is 94.2 Å². The third-order valence-electron chi connectivity index (χ3n) is 3.76. The molecule has 0 aliphatic carbocycles. The van der Waals surface area contributed by atoms with Gasteiger partial charge in [0.25, 0.3) is 11.5 Å². The fraction of sp³-hybridized carbons (Fsp3) is 0.235. The molecule has 0 aliphatic heterocycles. The summed E-state index contributed by atoms with van der Waals surface area (Å²) in [6.45, 7) is 2.51. The van der Waals surface area contributed by atoms with Gasteiger partial charge in [-0.2, -0.15) is 13.2 Å². The zero-order valence-electron chi connectivity index (χ0n) is 14.0. The molecule has 0 spiro atoms. The molecule has 2 aromatic rings. The van der Waals surface area contributed by atoms with Crippen LogP contribution in [-0.4, -0.2) is 16.4 Å². The van der Waals surface area contributed by atoms with Gasteiger partial charge in [-0.3, -0.25) is 14.4 Å². The smallest absolute Gasteiger partial charge is 0.365 e. The summed E-state index contributed by atoms with van der Waals surface area (Å²) >= 11 is 0. The Balaban J connectivity index is 2.35. The number of para-hydroxylation sites is 1. The molecule has 138 valence electrons. The van der Waals surface area contributed by atoms with E-state index in [0.29, 0.717) is 11.3 Å². The molecule has 0 atom stereocenters. The van der Waals surface area contributed by atoms with Crippen LogP contribution >= 0.6 is 0 Å².